The molecular weight excluding hydrogens is 652 g/mol. The van der Waals surface area contributed by atoms with Gasteiger partial charge in [-0.15, -0.1) is 0 Å². The van der Waals surface area contributed by atoms with Gasteiger partial charge in [-0.05, 0) is 73.1 Å². The number of hydrazone groups is 1. The summed E-state index contributed by atoms with van der Waals surface area (Å²) in [6, 6.07) is 24.0. The minimum Gasteiger partial charge on any atom is -0.490 e. The molecule has 3 N–H and O–H groups in total. The smallest absolute Gasteiger partial charge is 0.338 e. The van der Waals surface area contributed by atoms with E-state index in [2.05, 4.69) is 39.4 Å². The summed E-state index contributed by atoms with van der Waals surface area (Å²) < 4.78 is 23.1. The molecule has 0 saturated heterocycles. The molecule has 0 aromatic heterocycles. The van der Waals surface area contributed by atoms with Gasteiger partial charge < -0.3 is 29.6 Å². The lowest BCUT2D eigenvalue weighted by Crippen LogP contribution is -2.45. The molecule has 12 heteroatoms. The van der Waals surface area contributed by atoms with Crippen molar-refractivity contribution in [3.63, 3.8) is 0 Å². The van der Waals surface area contributed by atoms with Crippen LogP contribution in [0.25, 0.3) is 10.8 Å². The number of amides is 1. The monoisotopic (exact) mass is 686 g/mol. The molecule has 4 aromatic carbocycles. The minimum absolute atomic E-state index is 0.217. The van der Waals surface area contributed by atoms with E-state index < -0.39 is 17.9 Å². The van der Waals surface area contributed by atoms with Crippen LogP contribution in [0, 0.1) is 0 Å². The summed E-state index contributed by atoms with van der Waals surface area (Å²) in [4.78, 5) is 25.5. The Labute approximate surface area is 289 Å². The van der Waals surface area contributed by atoms with Crippen molar-refractivity contribution < 1.29 is 28.5 Å². The van der Waals surface area contributed by atoms with Crippen molar-refractivity contribution in [3.8, 4) is 17.2 Å². The molecular formula is C36H35ClN4O6S. The molecule has 48 heavy (non-hydrogen) atoms. The van der Waals surface area contributed by atoms with Crippen LogP contribution in [0.1, 0.15) is 43.5 Å². The van der Waals surface area contributed by atoms with Gasteiger partial charge in [0.05, 0.1) is 36.1 Å². The molecule has 10 nitrogen and oxygen atoms in total. The minimum atomic E-state index is -0.640. The maximum atomic E-state index is 12.8. The van der Waals surface area contributed by atoms with E-state index in [-0.39, 0.29) is 13.2 Å². The summed E-state index contributed by atoms with van der Waals surface area (Å²) in [6.07, 6.45) is 1.45. The lowest BCUT2D eigenvalue weighted by Gasteiger charge is -2.30. The Morgan fingerprint density at radius 2 is 1.73 bits per heavy atom. The van der Waals surface area contributed by atoms with Crippen molar-refractivity contribution in [2.75, 3.05) is 19.8 Å². The number of hydrogen-bond acceptors (Lipinski definition) is 8. The van der Waals surface area contributed by atoms with Crippen LogP contribution in [0.15, 0.2) is 95.2 Å². The Morgan fingerprint density at radius 1 is 0.958 bits per heavy atom. The molecule has 0 bridgehead atoms. The molecule has 248 valence electrons. The first-order chi connectivity index (χ1) is 23.3. The summed E-state index contributed by atoms with van der Waals surface area (Å²) >= 11 is 12.0. The number of benzene rings is 4. The molecule has 1 aliphatic heterocycles. The fourth-order valence-corrected chi connectivity index (χ4v) is 5.79. The zero-order chi connectivity index (χ0) is 34.0. The van der Waals surface area contributed by atoms with Crippen molar-refractivity contribution in [2.24, 2.45) is 5.10 Å². The normalized spacial score (nSPS) is 14.3. The predicted octanol–water partition coefficient (Wildman–Crippen LogP) is 6.36. The van der Waals surface area contributed by atoms with Gasteiger partial charge in [0.2, 0.25) is 0 Å². The molecule has 1 atom stereocenters. The number of allylic oxidation sites excluding steroid dienone is 1. The third-order valence-corrected chi connectivity index (χ3v) is 7.84. The molecule has 1 heterocycles. The van der Waals surface area contributed by atoms with Gasteiger partial charge in [-0.2, -0.15) is 5.10 Å². The second-order valence-corrected chi connectivity index (χ2v) is 11.4. The van der Waals surface area contributed by atoms with Crippen LogP contribution >= 0.6 is 23.8 Å². The summed E-state index contributed by atoms with van der Waals surface area (Å²) in [5.74, 6) is 0.274. The van der Waals surface area contributed by atoms with Crippen LogP contribution in [0.3, 0.4) is 0 Å². The van der Waals surface area contributed by atoms with Gasteiger partial charge in [0, 0.05) is 11.3 Å². The SMILES string of the molecule is CCOC(=O)C1=C(C)NC(=S)N[C@H]1c1ccccc1OCC(=O)NN=Cc1cc(Cl)c(OCc2cccc3ccccc23)c(OCC)c1. The van der Waals surface area contributed by atoms with E-state index in [1.807, 2.05) is 31.2 Å². The molecule has 0 saturated carbocycles. The molecule has 0 fully saturated rings. The van der Waals surface area contributed by atoms with Crippen LogP contribution in [-0.2, 0) is 20.9 Å². The number of thiocarbonyl (C=S) groups is 1. The number of carbonyl (C=O) groups is 2. The summed E-state index contributed by atoms with van der Waals surface area (Å²) in [5, 5.41) is 13.1. The Hall–Kier alpha value is -5.13. The highest BCUT2D eigenvalue weighted by atomic mass is 35.5. The number of fused-ring (bicyclic) bond motifs is 1. The first kappa shape index (κ1) is 34.2. The van der Waals surface area contributed by atoms with E-state index in [1.165, 1.54) is 6.21 Å². The number of ether oxygens (including phenoxy) is 4. The molecule has 0 spiro atoms. The van der Waals surface area contributed by atoms with Gasteiger partial charge in [0.15, 0.2) is 23.2 Å². The number of hydrogen-bond donors (Lipinski definition) is 3. The van der Waals surface area contributed by atoms with Crippen molar-refractivity contribution in [1.29, 1.82) is 0 Å². The van der Waals surface area contributed by atoms with Crippen molar-refractivity contribution in [3.05, 3.63) is 112 Å². The summed E-state index contributed by atoms with van der Waals surface area (Å²) in [7, 11) is 0. The lowest BCUT2D eigenvalue weighted by atomic mass is 9.95. The van der Waals surface area contributed by atoms with Crippen molar-refractivity contribution >= 4 is 57.8 Å². The number of para-hydroxylation sites is 1. The average molecular weight is 687 g/mol. The van der Waals surface area contributed by atoms with Gasteiger partial charge >= 0.3 is 5.97 Å². The topological polar surface area (TPSA) is 120 Å². The van der Waals surface area contributed by atoms with E-state index in [9.17, 15) is 9.59 Å². The molecule has 1 aliphatic rings. The van der Waals surface area contributed by atoms with Gasteiger partial charge in [-0.25, -0.2) is 10.2 Å². The number of rotatable bonds is 13. The quantitative estimate of drug-likeness (QED) is 0.0639. The standard InChI is InChI=1S/C36H35ClN4O6S/c1-4-44-30-18-23(17-28(37)34(30)47-20-25-13-10-12-24-11-6-7-14-26(24)25)19-38-41-31(42)21-46-29-16-9-8-15-27(29)33-32(35(43)45-5-2)22(3)39-36(48)40-33/h6-19,33H,4-5,20-21H2,1-3H3,(H,41,42)(H2,39,40,48)/t33-/m0/s1. The fraction of sp³-hybridized carbons (Fsp3) is 0.222. The van der Waals surface area contributed by atoms with Crippen LogP contribution in [0.4, 0.5) is 0 Å². The fourth-order valence-electron chi connectivity index (χ4n) is 5.25. The van der Waals surface area contributed by atoms with Crippen LogP contribution in [0.2, 0.25) is 5.02 Å². The Balaban J connectivity index is 1.24. The Kier molecular flexibility index (Phi) is 11.5. The third-order valence-electron chi connectivity index (χ3n) is 7.34. The van der Waals surface area contributed by atoms with Gasteiger partial charge in [-0.1, -0.05) is 72.3 Å². The van der Waals surface area contributed by atoms with Gasteiger partial charge in [0.1, 0.15) is 12.4 Å². The molecule has 5 rings (SSSR count). The van der Waals surface area contributed by atoms with Gasteiger partial charge in [0.25, 0.3) is 5.91 Å². The second-order valence-electron chi connectivity index (χ2n) is 10.6. The van der Waals surface area contributed by atoms with Crippen molar-refractivity contribution in [1.82, 2.24) is 16.1 Å². The maximum Gasteiger partial charge on any atom is 0.338 e. The summed E-state index contributed by atoms with van der Waals surface area (Å²) in [5.41, 5.74) is 5.63. The van der Waals surface area contributed by atoms with E-state index in [4.69, 9.17) is 42.8 Å². The van der Waals surface area contributed by atoms with E-state index in [0.717, 1.165) is 16.3 Å². The number of nitrogens with one attached hydrogen (secondary N) is 3. The highest BCUT2D eigenvalue weighted by molar-refractivity contribution is 7.80. The summed E-state index contributed by atoms with van der Waals surface area (Å²) in [6.45, 7) is 5.92. The molecule has 0 aliphatic carbocycles. The average Bonchev–Trinajstić information content (AvgIpc) is 3.07. The Morgan fingerprint density at radius 3 is 2.54 bits per heavy atom. The van der Waals surface area contributed by atoms with E-state index in [0.29, 0.717) is 63.0 Å². The third kappa shape index (κ3) is 8.23. The number of carbonyl (C=O) groups excluding carboxylic acids is 2. The lowest BCUT2D eigenvalue weighted by molar-refractivity contribution is -0.139. The highest BCUT2D eigenvalue weighted by Crippen LogP contribution is 2.37. The Bertz CT molecular complexity index is 1890. The molecule has 1 amide bonds. The van der Waals surface area contributed by atoms with Gasteiger partial charge in [-0.3, -0.25) is 4.79 Å². The van der Waals surface area contributed by atoms with Crippen LogP contribution in [0.5, 0.6) is 17.2 Å². The maximum absolute atomic E-state index is 12.8. The first-order valence-corrected chi connectivity index (χ1v) is 16.1. The number of esters is 1. The molecule has 4 aromatic rings. The largest absolute Gasteiger partial charge is 0.490 e. The zero-order valence-electron chi connectivity index (χ0n) is 26.7. The van der Waals surface area contributed by atoms with Crippen LogP contribution in [-0.4, -0.2) is 43.0 Å². The van der Waals surface area contributed by atoms with E-state index in [1.54, 1.807) is 50.2 Å². The first-order valence-electron chi connectivity index (χ1n) is 15.3. The predicted molar refractivity (Wildman–Crippen MR) is 190 cm³/mol. The zero-order valence-corrected chi connectivity index (χ0v) is 28.2. The number of halogens is 1. The van der Waals surface area contributed by atoms with Crippen molar-refractivity contribution in [2.45, 2.75) is 33.4 Å². The highest BCUT2D eigenvalue weighted by Gasteiger charge is 2.32. The van der Waals surface area contributed by atoms with E-state index >= 15 is 0 Å². The second kappa shape index (κ2) is 16.1. The molecule has 0 unspecified atom stereocenters. The molecule has 0 radical (unpaired) electrons. The number of nitrogens with zero attached hydrogens (tertiary/aromatic N) is 1. The van der Waals surface area contributed by atoms with Crippen LogP contribution < -0.4 is 30.3 Å².